The minimum Gasteiger partial charge on any atom is -0.478 e. The van der Waals surface area contributed by atoms with E-state index >= 15 is 0 Å². The Bertz CT molecular complexity index is 734. The standard InChI is InChI=1S/C14H8Br2FNO3/c15-8-2-3-9(10(16)6-8)13(19)18-12-5-7(14(20)21)1-4-11(12)17/h1-6H,(H,18,19)(H,20,21). The summed E-state index contributed by atoms with van der Waals surface area (Å²) in [5.41, 5.74) is 0.00891. The highest BCUT2D eigenvalue weighted by Crippen LogP contribution is 2.24. The largest absolute Gasteiger partial charge is 0.478 e. The average molecular weight is 417 g/mol. The van der Waals surface area contributed by atoms with Crippen LogP contribution < -0.4 is 5.32 Å². The molecule has 0 aliphatic rings. The molecule has 1 amide bonds. The minimum atomic E-state index is -1.20. The monoisotopic (exact) mass is 415 g/mol. The van der Waals surface area contributed by atoms with Crippen molar-refractivity contribution in [3.63, 3.8) is 0 Å². The van der Waals surface area contributed by atoms with Gasteiger partial charge in [0.1, 0.15) is 5.82 Å². The molecular formula is C14H8Br2FNO3. The van der Waals surface area contributed by atoms with Crippen LogP contribution in [0.1, 0.15) is 20.7 Å². The maximum atomic E-state index is 13.6. The van der Waals surface area contributed by atoms with Crippen molar-refractivity contribution in [2.24, 2.45) is 0 Å². The van der Waals surface area contributed by atoms with E-state index in [0.717, 1.165) is 22.7 Å². The normalized spacial score (nSPS) is 10.2. The minimum absolute atomic E-state index is 0.110. The van der Waals surface area contributed by atoms with E-state index in [4.69, 9.17) is 5.11 Å². The summed E-state index contributed by atoms with van der Waals surface area (Å²) >= 11 is 6.50. The molecule has 7 heteroatoms. The Balaban J connectivity index is 2.31. The highest BCUT2D eigenvalue weighted by atomic mass is 79.9. The number of amides is 1. The van der Waals surface area contributed by atoms with Gasteiger partial charge in [-0.25, -0.2) is 9.18 Å². The smallest absolute Gasteiger partial charge is 0.335 e. The van der Waals surface area contributed by atoms with Crippen LogP contribution in [0.3, 0.4) is 0 Å². The van der Waals surface area contributed by atoms with Crippen LogP contribution in [-0.4, -0.2) is 17.0 Å². The van der Waals surface area contributed by atoms with Crippen molar-refractivity contribution < 1.29 is 19.1 Å². The van der Waals surface area contributed by atoms with Gasteiger partial charge in [0.15, 0.2) is 0 Å². The predicted octanol–water partition coefficient (Wildman–Crippen LogP) is 4.30. The van der Waals surface area contributed by atoms with Crippen LogP contribution in [0.2, 0.25) is 0 Å². The molecule has 0 heterocycles. The lowest BCUT2D eigenvalue weighted by molar-refractivity contribution is 0.0696. The zero-order valence-corrected chi connectivity index (χ0v) is 13.5. The van der Waals surface area contributed by atoms with Crippen molar-refractivity contribution in [1.29, 1.82) is 0 Å². The van der Waals surface area contributed by atoms with Gasteiger partial charge >= 0.3 is 5.97 Å². The molecule has 2 N–H and O–H groups in total. The summed E-state index contributed by atoms with van der Waals surface area (Å²) in [6.45, 7) is 0. The summed E-state index contributed by atoms with van der Waals surface area (Å²) in [5.74, 6) is -2.45. The van der Waals surface area contributed by atoms with E-state index < -0.39 is 17.7 Å². The highest BCUT2D eigenvalue weighted by molar-refractivity contribution is 9.11. The molecule has 0 aromatic heterocycles. The van der Waals surface area contributed by atoms with E-state index in [9.17, 15) is 14.0 Å². The van der Waals surface area contributed by atoms with Gasteiger partial charge in [0.05, 0.1) is 16.8 Å². The second kappa shape index (κ2) is 6.36. The quantitative estimate of drug-likeness (QED) is 0.783. The lowest BCUT2D eigenvalue weighted by Crippen LogP contribution is -2.14. The Kier molecular flexibility index (Phi) is 4.74. The number of carbonyl (C=O) groups excluding carboxylic acids is 1. The lowest BCUT2D eigenvalue weighted by atomic mass is 10.1. The number of carboxylic acids is 1. The van der Waals surface area contributed by atoms with Gasteiger partial charge in [-0.2, -0.15) is 0 Å². The third-order valence-corrected chi connectivity index (χ3v) is 3.79. The maximum absolute atomic E-state index is 13.6. The first kappa shape index (κ1) is 15.7. The Morgan fingerprint density at radius 3 is 2.43 bits per heavy atom. The second-order valence-corrected chi connectivity index (χ2v) is 5.85. The van der Waals surface area contributed by atoms with Crippen LogP contribution in [-0.2, 0) is 0 Å². The predicted molar refractivity (Wildman–Crippen MR) is 83.2 cm³/mol. The Morgan fingerprint density at radius 1 is 1.10 bits per heavy atom. The molecule has 2 rings (SSSR count). The van der Waals surface area contributed by atoms with E-state index in [2.05, 4.69) is 37.2 Å². The van der Waals surface area contributed by atoms with Gasteiger partial charge in [-0.1, -0.05) is 15.9 Å². The Hall–Kier alpha value is -1.73. The van der Waals surface area contributed by atoms with Crippen molar-refractivity contribution in [2.75, 3.05) is 5.32 Å². The number of nitrogens with one attached hydrogen (secondary N) is 1. The third-order valence-electron chi connectivity index (χ3n) is 2.64. The van der Waals surface area contributed by atoms with Gasteiger partial charge in [0, 0.05) is 8.95 Å². The van der Waals surface area contributed by atoms with Crippen LogP contribution in [0.5, 0.6) is 0 Å². The molecule has 0 unspecified atom stereocenters. The average Bonchev–Trinajstić information content (AvgIpc) is 2.40. The van der Waals surface area contributed by atoms with Gasteiger partial charge in [-0.3, -0.25) is 4.79 Å². The number of aromatic carboxylic acids is 1. The number of rotatable bonds is 3. The van der Waals surface area contributed by atoms with Crippen molar-refractivity contribution in [3.8, 4) is 0 Å². The number of hydrogen-bond donors (Lipinski definition) is 2. The molecule has 0 atom stereocenters. The zero-order valence-electron chi connectivity index (χ0n) is 10.4. The first-order valence-electron chi connectivity index (χ1n) is 5.67. The van der Waals surface area contributed by atoms with Gasteiger partial charge in [0.2, 0.25) is 0 Å². The number of carboxylic acid groups (broad SMARTS) is 1. The first-order chi connectivity index (χ1) is 9.88. The Labute approximate surface area is 136 Å². The molecule has 0 fully saturated rings. The SMILES string of the molecule is O=C(O)c1ccc(F)c(NC(=O)c2ccc(Br)cc2Br)c1. The second-order valence-electron chi connectivity index (χ2n) is 4.08. The van der Waals surface area contributed by atoms with Crippen LogP contribution in [0.15, 0.2) is 45.3 Å². The summed E-state index contributed by atoms with van der Waals surface area (Å²) in [4.78, 5) is 23.0. The van der Waals surface area contributed by atoms with Gasteiger partial charge in [0.25, 0.3) is 5.91 Å². The molecule has 2 aromatic carbocycles. The van der Waals surface area contributed by atoms with Crippen molar-refractivity contribution in [2.45, 2.75) is 0 Å². The summed E-state index contributed by atoms with van der Waals surface area (Å²) in [5, 5.41) is 11.2. The summed E-state index contributed by atoms with van der Waals surface area (Å²) < 4.78 is 15.0. The molecule has 0 saturated carbocycles. The van der Waals surface area contributed by atoms with Crippen molar-refractivity contribution in [1.82, 2.24) is 0 Å². The molecule has 0 spiro atoms. The Morgan fingerprint density at radius 2 is 1.81 bits per heavy atom. The van der Waals surface area contributed by atoms with E-state index in [1.807, 2.05) is 0 Å². The molecule has 0 bridgehead atoms. The molecule has 21 heavy (non-hydrogen) atoms. The molecule has 4 nitrogen and oxygen atoms in total. The zero-order chi connectivity index (χ0) is 15.6. The van der Waals surface area contributed by atoms with Gasteiger partial charge < -0.3 is 10.4 Å². The van der Waals surface area contributed by atoms with Crippen LogP contribution in [0, 0.1) is 5.82 Å². The van der Waals surface area contributed by atoms with E-state index in [1.54, 1.807) is 18.2 Å². The number of carbonyl (C=O) groups is 2. The fraction of sp³-hybridized carbons (Fsp3) is 0. The fourth-order valence-corrected chi connectivity index (χ4v) is 2.84. The summed E-state index contributed by atoms with van der Waals surface area (Å²) in [6.07, 6.45) is 0. The van der Waals surface area contributed by atoms with Gasteiger partial charge in [-0.15, -0.1) is 0 Å². The van der Waals surface area contributed by atoms with Gasteiger partial charge in [-0.05, 0) is 52.3 Å². The van der Waals surface area contributed by atoms with Crippen LogP contribution >= 0.6 is 31.9 Å². The molecule has 0 saturated heterocycles. The highest BCUT2D eigenvalue weighted by Gasteiger charge is 2.14. The topological polar surface area (TPSA) is 66.4 Å². The summed E-state index contributed by atoms with van der Waals surface area (Å²) in [7, 11) is 0. The summed E-state index contributed by atoms with van der Waals surface area (Å²) in [6, 6.07) is 8.10. The molecule has 2 aromatic rings. The lowest BCUT2D eigenvalue weighted by Gasteiger charge is -2.09. The van der Waals surface area contributed by atoms with Crippen molar-refractivity contribution >= 4 is 49.4 Å². The number of halogens is 3. The molecule has 108 valence electrons. The van der Waals surface area contributed by atoms with E-state index in [-0.39, 0.29) is 11.3 Å². The molecule has 0 radical (unpaired) electrons. The fourth-order valence-electron chi connectivity index (χ4n) is 1.62. The van der Waals surface area contributed by atoms with E-state index in [0.29, 0.717) is 10.0 Å². The molecule has 0 aliphatic carbocycles. The maximum Gasteiger partial charge on any atom is 0.335 e. The number of benzene rings is 2. The van der Waals surface area contributed by atoms with Crippen molar-refractivity contribution in [3.05, 3.63) is 62.3 Å². The molecule has 0 aliphatic heterocycles. The molecular weight excluding hydrogens is 409 g/mol. The van der Waals surface area contributed by atoms with Crippen LogP contribution in [0.25, 0.3) is 0 Å². The van der Waals surface area contributed by atoms with Crippen LogP contribution in [0.4, 0.5) is 10.1 Å². The third kappa shape index (κ3) is 3.68. The number of anilines is 1. The first-order valence-corrected chi connectivity index (χ1v) is 7.26. The van der Waals surface area contributed by atoms with E-state index in [1.165, 1.54) is 0 Å². The number of hydrogen-bond acceptors (Lipinski definition) is 2.